The van der Waals surface area contributed by atoms with Gasteiger partial charge in [-0.05, 0) is 74.1 Å². The quantitative estimate of drug-likeness (QED) is 0.355. The van der Waals surface area contributed by atoms with Crippen LogP contribution in [0.15, 0.2) is 79.0 Å². The Morgan fingerprint density at radius 1 is 0.914 bits per heavy atom. The Kier molecular flexibility index (Phi) is 6.17. The van der Waals surface area contributed by atoms with Crippen LogP contribution in [0.5, 0.6) is 11.5 Å². The number of nitrogens with zero attached hydrogens (tertiary/aromatic N) is 3. The number of rotatable bonds is 6. The highest BCUT2D eigenvalue weighted by molar-refractivity contribution is 7.80. The summed E-state index contributed by atoms with van der Waals surface area (Å²) in [5.41, 5.74) is 6.42. The molecule has 0 aliphatic carbocycles. The molecule has 0 amide bonds. The van der Waals surface area contributed by atoms with Crippen molar-refractivity contribution in [1.29, 1.82) is 0 Å². The number of pyridine rings is 1. The average molecular weight is 485 g/mol. The first-order valence-corrected chi connectivity index (χ1v) is 11.9. The Bertz CT molecular complexity index is 1350. The molecule has 2 aromatic heterocycles. The lowest BCUT2D eigenvalue weighted by Gasteiger charge is -2.29. The first-order valence-electron chi connectivity index (χ1n) is 11.5. The fraction of sp³-hybridized carbons (Fsp3) is 0.214. The topological polar surface area (TPSA) is 51.5 Å². The number of hydrogen-bond acceptors (Lipinski definition) is 4. The number of aryl methyl sites for hydroxylation is 1. The molecule has 4 aromatic rings. The van der Waals surface area contributed by atoms with Crippen LogP contribution in [0, 0.1) is 13.8 Å². The van der Waals surface area contributed by atoms with Crippen LogP contribution in [0.1, 0.15) is 34.7 Å². The van der Waals surface area contributed by atoms with E-state index in [1.165, 1.54) is 5.56 Å². The van der Waals surface area contributed by atoms with Crippen molar-refractivity contribution in [1.82, 2.24) is 14.9 Å². The van der Waals surface area contributed by atoms with Crippen LogP contribution in [0.2, 0.25) is 0 Å². The van der Waals surface area contributed by atoms with Crippen LogP contribution in [-0.4, -0.2) is 28.9 Å². The van der Waals surface area contributed by atoms with Crippen molar-refractivity contribution in [3.05, 3.63) is 102 Å². The van der Waals surface area contributed by atoms with E-state index in [0.29, 0.717) is 10.9 Å². The summed E-state index contributed by atoms with van der Waals surface area (Å²) in [6.45, 7) is 4.30. The maximum absolute atomic E-state index is 5.92. The third-order valence-corrected chi connectivity index (χ3v) is 6.86. The van der Waals surface area contributed by atoms with Crippen molar-refractivity contribution in [3.8, 4) is 17.2 Å². The maximum atomic E-state index is 5.92. The molecule has 0 bridgehead atoms. The first-order chi connectivity index (χ1) is 17.0. The number of nitrogens with one attached hydrogen (secondary N) is 1. The summed E-state index contributed by atoms with van der Waals surface area (Å²) in [6, 6.07) is 24.2. The SMILES string of the molecule is COc1ccc(N2C(=S)N[C@@H](c3ccccn3)[C@H]2c2cc(C)n(-c3ccccc3)c2C)c(OC)c1. The van der Waals surface area contributed by atoms with Gasteiger partial charge in [-0.2, -0.15) is 0 Å². The molecule has 0 unspecified atom stereocenters. The summed E-state index contributed by atoms with van der Waals surface area (Å²) < 4.78 is 13.5. The fourth-order valence-corrected chi connectivity index (χ4v) is 5.31. The van der Waals surface area contributed by atoms with Gasteiger partial charge in [0, 0.05) is 29.3 Å². The van der Waals surface area contributed by atoms with Gasteiger partial charge in [0.25, 0.3) is 0 Å². The summed E-state index contributed by atoms with van der Waals surface area (Å²) in [5.74, 6) is 1.42. The number of aromatic nitrogens is 2. The summed E-state index contributed by atoms with van der Waals surface area (Å²) in [7, 11) is 3.31. The highest BCUT2D eigenvalue weighted by Crippen LogP contribution is 2.46. The van der Waals surface area contributed by atoms with Gasteiger partial charge in [-0.25, -0.2) is 0 Å². The van der Waals surface area contributed by atoms with E-state index in [0.717, 1.165) is 34.2 Å². The largest absolute Gasteiger partial charge is 0.497 e. The Balaban J connectivity index is 1.70. The monoisotopic (exact) mass is 484 g/mol. The number of methoxy groups -OCH3 is 2. The van der Waals surface area contributed by atoms with Gasteiger partial charge in [-0.1, -0.05) is 24.3 Å². The van der Waals surface area contributed by atoms with Gasteiger partial charge < -0.3 is 24.3 Å². The van der Waals surface area contributed by atoms with Crippen molar-refractivity contribution in [3.63, 3.8) is 0 Å². The van der Waals surface area contributed by atoms with Gasteiger partial charge >= 0.3 is 0 Å². The van der Waals surface area contributed by atoms with Crippen LogP contribution >= 0.6 is 12.2 Å². The van der Waals surface area contributed by atoms with Crippen molar-refractivity contribution in [2.24, 2.45) is 0 Å². The number of anilines is 1. The molecular formula is C28H28N4O2S. The van der Waals surface area contributed by atoms with Gasteiger partial charge in [0.1, 0.15) is 11.5 Å². The molecule has 1 saturated heterocycles. The van der Waals surface area contributed by atoms with Crippen molar-refractivity contribution in [2.45, 2.75) is 25.9 Å². The molecule has 0 radical (unpaired) electrons. The van der Waals surface area contributed by atoms with E-state index in [-0.39, 0.29) is 12.1 Å². The number of para-hydroxylation sites is 1. The number of thiocarbonyl (C=S) groups is 1. The predicted molar refractivity (Wildman–Crippen MR) is 143 cm³/mol. The van der Waals surface area contributed by atoms with Gasteiger partial charge in [-0.3, -0.25) is 4.98 Å². The van der Waals surface area contributed by atoms with Gasteiger partial charge in [0.15, 0.2) is 5.11 Å². The molecule has 7 heteroatoms. The second kappa shape index (κ2) is 9.43. The Morgan fingerprint density at radius 3 is 2.37 bits per heavy atom. The minimum absolute atomic E-state index is 0.136. The second-order valence-corrected chi connectivity index (χ2v) is 8.92. The van der Waals surface area contributed by atoms with Gasteiger partial charge in [0.2, 0.25) is 0 Å². The molecule has 5 rings (SSSR count). The maximum Gasteiger partial charge on any atom is 0.174 e. The normalized spacial score (nSPS) is 17.4. The molecule has 2 atom stereocenters. The first kappa shape index (κ1) is 22.9. The molecule has 0 saturated carbocycles. The highest BCUT2D eigenvalue weighted by Gasteiger charge is 2.43. The van der Waals surface area contributed by atoms with E-state index >= 15 is 0 Å². The zero-order valence-corrected chi connectivity index (χ0v) is 21.0. The summed E-state index contributed by atoms with van der Waals surface area (Å²) in [4.78, 5) is 6.82. The Morgan fingerprint density at radius 2 is 1.69 bits per heavy atom. The molecule has 1 N–H and O–H groups in total. The van der Waals surface area contributed by atoms with Crippen LogP contribution in [0.25, 0.3) is 5.69 Å². The van der Waals surface area contributed by atoms with E-state index in [2.05, 4.69) is 63.9 Å². The lowest BCUT2D eigenvalue weighted by Crippen LogP contribution is -2.30. The molecule has 178 valence electrons. The second-order valence-electron chi connectivity index (χ2n) is 8.53. The van der Waals surface area contributed by atoms with Gasteiger partial charge in [-0.15, -0.1) is 0 Å². The van der Waals surface area contributed by atoms with E-state index in [1.807, 2.05) is 48.7 Å². The minimum Gasteiger partial charge on any atom is -0.497 e. The zero-order valence-electron chi connectivity index (χ0n) is 20.2. The van der Waals surface area contributed by atoms with E-state index < -0.39 is 0 Å². The summed E-state index contributed by atoms with van der Waals surface area (Å²) in [5, 5.41) is 4.17. The van der Waals surface area contributed by atoms with Crippen LogP contribution < -0.4 is 19.7 Å². The lowest BCUT2D eigenvalue weighted by molar-refractivity contribution is 0.394. The van der Waals surface area contributed by atoms with Crippen LogP contribution in [0.4, 0.5) is 5.69 Å². The smallest absolute Gasteiger partial charge is 0.174 e. The molecule has 3 heterocycles. The summed E-state index contributed by atoms with van der Waals surface area (Å²) in [6.07, 6.45) is 1.82. The zero-order chi connectivity index (χ0) is 24.5. The average Bonchev–Trinajstić information content (AvgIpc) is 3.39. The fourth-order valence-electron chi connectivity index (χ4n) is 4.98. The van der Waals surface area contributed by atoms with Crippen LogP contribution in [0.3, 0.4) is 0 Å². The van der Waals surface area contributed by atoms with E-state index in [1.54, 1.807) is 14.2 Å². The minimum atomic E-state index is -0.139. The van der Waals surface area contributed by atoms with E-state index in [4.69, 9.17) is 21.7 Å². The molecule has 2 aromatic carbocycles. The van der Waals surface area contributed by atoms with Gasteiger partial charge in [0.05, 0.1) is 37.7 Å². The Hall–Kier alpha value is -3.84. The Labute approximate surface area is 211 Å². The van der Waals surface area contributed by atoms with Crippen molar-refractivity contribution >= 4 is 23.0 Å². The standard InChI is InChI=1S/C28H28N4O2S/c1-18-16-22(19(2)31(18)20-10-6-5-7-11-20)27-26(23-12-8-9-15-29-23)30-28(35)32(27)24-14-13-21(33-3)17-25(24)34-4/h5-17,26-27H,1-4H3,(H,30,35)/t26-,27+/m0/s1. The number of benzene rings is 2. The summed E-state index contributed by atoms with van der Waals surface area (Å²) >= 11 is 5.92. The third-order valence-electron chi connectivity index (χ3n) is 6.55. The molecule has 0 spiro atoms. The molecular weight excluding hydrogens is 456 g/mol. The number of ether oxygens (including phenoxy) is 2. The number of hydrogen-bond donors (Lipinski definition) is 1. The molecule has 1 fully saturated rings. The highest BCUT2D eigenvalue weighted by atomic mass is 32.1. The molecule has 1 aliphatic rings. The molecule has 1 aliphatic heterocycles. The molecule has 6 nitrogen and oxygen atoms in total. The third kappa shape index (κ3) is 4.02. The van der Waals surface area contributed by atoms with E-state index in [9.17, 15) is 0 Å². The lowest BCUT2D eigenvalue weighted by atomic mass is 9.96. The van der Waals surface area contributed by atoms with Crippen LogP contribution in [-0.2, 0) is 0 Å². The van der Waals surface area contributed by atoms with Crippen molar-refractivity contribution in [2.75, 3.05) is 19.1 Å². The molecule has 35 heavy (non-hydrogen) atoms. The predicted octanol–water partition coefficient (Wildman–Crippen LogP) is 5.68. The van der Waals surface area contributed by atoms with Crippen molar-refractivity contribution < 1.29 is 9.47 Å².